The minimum atomic E-state index is -0.739. The van der Waals surface area contributed by atoms with Gasteiger partial charge in [-0.2, -0.15) is 0 Å². The van der Waals surface area contributed by atoms with Crippen molar-refractivity contribution in [2.45, 2.75) is 130 Å². The van der Waals surface area contributed by atoms with E-state index >= 15 is 0 Å². The van der Waals surface area contributed by atoms with Gasteiger partial charge in [0.2, 0.25) is 0 Å². The van der Waals surface area contributed by atoms with Crippen LogP contribution < -0.4 is 4.74 Å². The zero-order chi connectivity index (χ0) is 43.7. The van der Waals surface area contributed by atoms with Crippen LogP contribution in [0.15, 0.2) is 102 Å². The van der Waals surface area contributed by atoms with E-state index in [0.29, 0.717) is 23.0 Å². The van der Waals surface area contributed by atoms with Crippen molar-refractivity contribution in [2.75, 3.05) is 0 Å². The van der Waals surface area contributed by atoms with Crippen molar-refractivity contribution in [2.24, 2.45) is 4.99 Å². The predicted molar refractivity (Wildman–Crippen MR) is 250 cm³/mol. The molecule has 6 nitrogen and oxygen atoms in total. The topological polar surface area (TPSA) is 61.5 Å². The van der Waals surface area contributed by atoms with Crippen molar-refractivity contribution in [3.63, 3.8) is 0 Å². The molecule has 0 fully saturated rings. The first-order chi connectivity index (χ1) is 28.5. The molecule has 7 heteroatoms. The number of nitrogens with zero attached hydrogens (tertiary/aromatic N) is 4. The number of aryl methyl sites for hydroxylation is 1. The normalized spacial score (nSPS) is 19.5. The van der Waals surface area contributed by atoms with Gasteiger partial charge in [-0.3, -0.25) is 9.98 Å². The van der Waals surface area contributed by atoms with Crippen LogP contribution in [0, 0.1) is 19.1 Å². The molecule has 2 atom stereocenters. The summed E-state index contributed by atoms with van der Waals surface area (Å²) in [5.41, 5.74) is 10.7. The first-order valence-electron chi connectivity index (χ1n) is 21.6. The van der Waals surface area contributed by atoms with E-state index in [9.17, 15) is 0 Å². The van der Waals surface area contributed by atoms with Crippen LogP contribution in [-0.2, 0) is 53.1 Å². The first kappa shape index (κ1) is 43.6. The number of ether oxygens (including phenoxy) is 2. The summed E-state index contributed by atoms with van der Waals surface area (Å²) in [6.07, 6.45) is 3.67. The maximum absolute atomic E-state index is 7.30. The van der Waals surface area contributed by atoms with Gasteiger partial charge < -0.3 is 14.0 Å². The average molecular weight is 1000 g/mol. The van der Waals surface area contributed by atoms with Crippen molar-refractivity contribution in [3.8, 4) is 28.4 Å². The Morgan fingerprint density at radius 1 is 0.677 bits per heavy atom. The van der Waals surface area contributed by atoms with E-state index in [1.807, 2.05) is 42.7 Å². The first-order valence-corrected chi connectivity index (χ1v) is 21.6. The summed E-state index contributed by atoms with van der Waals surface area (Å²) in [5.74, 6) is 1.64. The molecule has 3 aromatic heterocycles. The summed E-state index contributed by atoms with van der Waals surface area (Å²) < 4.78 is 16.4. The summed E-state index contributed by atoms with van der Waals surface area (Å²) in [6.45, 7) is 31.8. The van der Waals surface area contributed by atoms with Crippen LogP contribution in [0.5, 0.6) is 11.5 Å². The third-order valence-electron chi connectivity index (χ3n) is 13.6. The van der Waals surface area contributed by atoms with Gasteiger partial charge in [-0.05, 0) is 90.1 Å². The average Bonchev–Trinajstić information content (AvgIpc) is 3.72. The molecule has 1 aliphatic carbocycles. The van der Waals surface area contributed by atoms with Gasteiger partial charge in [-0.25, -0.2) is 4.98 Å². The van der Waals surface area contributed by atoms with Crippen LogP contribution >= 0.6 is 0 Å². The summed E-state index contributed by atoms with van der Waals surface area (Å²) in [7, 11) is 0. The third-order valence-corrected chi connectivity index (χ3v) is 13.6. The van der Waals surface area contributed by atoms with Crippen molar-refractivity contribution in [1.29, 1.82) is 0 Å². The van der Waals surface area contributed by atoms with Crippen LogP contribution in [0.1, 0.15) is 129 Å². The fraction of sp³-hybridized carbons (Fsp3) is 0.364. The Morgan fingerprint density at radius 3 is 2.05 bits per heavy atom. The van der Waals surface area contributed by atoms with Gasteiger partial charge in [0.15, 0.2) is 0 Å². The largest absolute Gasteiger partial charge is 2.00 e. The Labute approximate surface area is 382 Å². The minimum Gasteiger partial charge on any atom is -0.508 e. The molecule has 0 spiro atoms. The van der Waals surface area contributed by atoms with Crippen LogP contribution in [0.4, 0.5) is 0 Å². The molecular formula is C55H58N4O2Pt. The number of aromatic nitrogens is 3. The molecule has 4 aromatic carbocycles. The number of pyridine rings is 2. The van der Waals surface area contributed by atoms with E-state index < -0.39 is 11.1 Å². The Hall–Kier alpha value is -5.06. The number of hydrogen-bond donors (Lipinski definition) is 0. The fourth-order valence-corrected chi connectivity index (χ4v) is 9.61. The second-order valence-electron chi connectivity index (χ2n) is 21.3. The van der Waals surface area contributed by atoms with Crippen LogP contribution in [0.3, 0.4) is 0 Å². The molecule has 0 bridgehead atoms. The zero-order valence-corrected chi connectivity index (χ0v) is 40.9. The number of rotatable bonds is 5. The van der Waals surface area contributed by atoms with Crippen molar-refractivity contribution >= 4 is 27.8 Å². The van der Waals surface area contributed by atoms with E-state index in [4.69, 9.17) is 24.4 Å². The van der Waals surface area contributed by atoms with Gasteiger partial charge in [-0.15, -0.1) is 29.8 Å². The summed E-state index contributed by atoms with van der Waals surface area (Å²) in [5, 5.41) is 2.25. The maximum atomic E-state index is 7.30. The van der Waals surface area contributed by atoms with Crippen molar-refractivity contribution in [1.82, 2.24) is 14.5 Å². The standard InChI is InChI=1S/C55H58N4O2.Pt/c1-33-20-21-46-42(24-33)41-18-17-23-57-48(41)59(46)38-28-36(50(2,3)4)29-40(32-38)60-39-26-34(45-19-15-16-22-56-45)25-35(27-39)49-58-55(14)53(11,12)47-43(52(8,9)10)30-37(51(5,6)7)31-44(47)54(55,13)61-49;/h15-26,28-31H,1-14H3;/q-2;+2/t54-,55+;/m0./s1. The molecule has 0 amide bonds. The van der Waals surface area contributed by atoms with Crippen LogP contribution in [0.25, 0.3) is 38.9 Å². The second-order valence-corrected chi connectivity index (χ2v) is 21.3. The zero-order valence-electron chi connectivity index (χ0n) is 38.7. The number of aliphatic imine (C=N–C) groups is 1. The number of hydrogen-bond acceptors (Lipinski definition) is 5. The van der Waals surface area contributed by atoms with E-state index in [2.05, 4.69) is 168 Å². The monoisotopic (exact) mass is 1000 g/mol. The molecule has 0 radical (unpaired) electrons. The molecule has 4 heterocycles. The minimum absolute atomic E-state index is 0. The smallest absolute Gasteiger partial charge is 0.508 e. The molecule has 320 valence electrons. The molecule has 1 aliphatic heterocycles. The van der Waals surface area contributed by atoms with E-state index in [-0.39, 0.29) is 42.7 Å². The second kappa shape index (κ2) is 14.5. The van der Waals surface area contributed by atoms with Crippen molar-refractivity contribution in [3.05, 3.63) is 148 Å². The van der Waals surface area contributed by atoms with Gasteiger partial charge in [0, 0.05) is 45.6 Å². The van der Waals surface area contributed by atoms with E-state index in [1.54, 1.807) is 0 Å². The molecule has 62 heavy (non-hydrogen) atoms. The Morgan fingerprint density at radius 2 is 1.37 bits per heavy atom. The van der Waals surface area contributed by atoms with Gasteiger partial charge >= 0.3 is 21.1 Å². The molecule has 0 N–H and O–H groups in total. The van der Waals surface area contributed by atoms with Gasteiger partial charge in [-0.1, -0.05) is 135 Å². The molecule has 0 unspecified atom stereocenters. The van der Waals surface area contributed by atoms with Gasteiger partial charge in [0.1, 0.15) is 22.7 Å². The Kier molecular flexibility index (Phi) is 10.2. The number of fused-ring (bicyclic) bond motifs is 6. The van der Waals surface area contributed by atoms with Crippen molar-refractivity contribution < 1.29 is 30.5 Å². The van der Waals surface area contributed by atoms with E-state index in [0.717, 1.165) is 44.4 Å². The molecule has 2 aliphatic rings. The Balaban J connectivity index is 0.00000529. The molecular weight excluding hydrogens is 944 g/mol. The quantitative estimate of drug-likeness (QED) is 0.161. The Bertz CT molecular complexity index is 2940. The molecule has 0 saturated heterocycles. The SMILES string of the molecule is Cc1ccc2c(c1)c1cccnc1n2-c1[c-]c(Oc2[c-]c(C3=N[C@]4(C)C(C)(C)c5c(C(C)(C)C)cc(C(C)(C)C)cc5[C@]4(C)O3)cc(-c3ccccn3)c2)cc(C(C)(C)C)c1.[Pt+2]. The predicted octanol–water partition coefficient (Wildman–Crippen LogP) is 13.6. The van der Waals surface area contributed by atoms with Gasteiger partial charge in [0.25, 0.3) is 0 Å². The summed E-state index contributed by atoms with van der Waals surface area (Å²) >= 11 is 0. The summed E-state index contributed by atoms with van der Waals surface area (Å²) in [6, 6.07) is 37.1. The molecule has 7 aromatic rings. The van der Waals surface area contributed by atoms with E-state index in [1.165, 1.54) is 27.8 Å². The van der Waals surface area contributed by atoms with Crippen LogP contribution in [-0.4, -0.2) is 26.0 Å². The maximum Gasteiger partial charge on any atom is 2.00 e. The fourth-order valence-electron chi connectivity index (χ4n) is 9.61. The molecule has 0 saturated carbocycles. The molecule has 9 rings (SSSR count). The number of benzene rings is 4. The van der Waals surface area contributed by atoms with Crippen LogP contribution in [0.2, 0.25) is 0 Å². The van der Waals surface area contributed by atoms with Gasteiger partial charge in [0.05, 0.1) is 11.2 Å². The summed E-state index contributed by atoms with van der Waals surface area (Å²) in [4.78, 5) is 15.3. The third kappa shape index (κ3) is 6.83.